The molecule has 0 saturated carbocycles. The molecule has 92 valence electrons. The van der Waals surface area contributed by atoms with Crippen LogP contribution in [-0.2, 0) is 0 Å². The molecule has 0 unspecified atom stereocenters. The van der Waals surface area contributed by atoms with Gasteiger partial charge in [-0.2, -0.15) is 0 Å². The number of benzene rings is 1. The van der Waals surface area contributed by atoms with Gasteiger partial charge in [0.25, 0.3) is 0 Å². The number of anilines is 1. The molecule has 1 aromatic carbocycles. The molecule has 2 heterocycles. The predicted molar refractivity (Wildman–Crippen MR) is 67.1 cm³/mol. The highest BCUT2D eigenvalue weighted by Crippen LogP contribution is 2.39. The van der Waals surface area contributed by atoms with Crippen molar-refractivity contribution in [2.45, 2.75) is 0 Å². The molecule has 1 N–H and O–H groups in total. The van der Waals surface area contributed by atoms with E-state index in [0.29, 0.717) is 5.41 Å². The molecule has 0 atom stereocenters. The van der Waals surface area contributed by atoms with Crippen LogP contribution in [-0.4, -0.2) is 40.4 Å². The van der Waals surface area contributed by atoms with Crippen molar-refractivity contribution in [1.29, 1.82) is 0 Å². The third-order valence-corrected chi connectivity index (χ3v) is 3.75. The fourth-order valence-corrected chi connectivity index (χ4v) is 2.62. The van der Waals surface area contributed by atoms with E-state index in [4.69, 9.17) is 9.47 Å². The smallest absolute Gasteiger partial charge is 0.124 e. The summed E-state index contributed by atoms with van der Waals surface area (Å²) in [5.74, 6) is 1.71. The van der Waals surface area contributed by atoms with Crippen LogP contribution >= 0.6 is 0 Å². The molecule has 1 aromatic rings. The number of nitrogens with one attached hydrogen (secondary N) is 1. The second-order valence-corrected chi connectivity index (χ2v) is 5.03. The summed E-state index contributed by atoms with van der Waals surface area (Å²) in [6, 6.07) is 6.05. The minimum Gasteiger partial charge on any atom is -0.497 e. The fourth-order valence-electron chi connectivity index (χ4n) is 2.62. The van der Waals surface area contributed by atoms with Gasteiger partial charge in [0.2, 0.25) is 0 Å². The molecule has 0 bridgehead atoms. The summed E-state index contributed by atoms with van der Waals surface area (Å²) in [5.41, 5.74) is 1.73. The lowest BCUT2D eigenvalue weighted by Crippen LogP contribution is -2.71. The summed E-state index contributed by atoms with van der Waals surface area (Å²) in [7, 11) is 3.37. The van der Waals surface area contributed by atoms with Gasteiger partial charge in [-0.3, -0.25) is 0 Å². The van der Waals surface area contributed by atoms with Crippen LogP contribution in [0.2, 0.25) is 0 Å². The Labute approximate surface area is 102 Å². The maximum absolute atomic E-state index is 5.29. The first-order valence-corrected chi connectivity index (χ1v) is 5.93. The maximum Gasteiger partial charge on any atom is 0.124 e. The molecule has 0 aliphatic carbocycles. The molecule has 2 aliphatic rings. The van der Waals surface area contributed by atoms with Crippen molar-refractivity contribution in [1.82, 2.24) is 5.32 Å². The lowest BCUT2D eigenvalue weighted by Gasteiger charge is -2.57. The van der Waals surface area contributed by atoms with Gasteiger partial charge in [0.05, 0.1) is 14.2 Å². The van der Waals surface area contributed by atoms with Gasteiger partial charge in [-0.25, -0.2) is 0 Å². The number of ether oxygens (including phenoxy) is 2. The summed E-state index contributed by atoms with van der Waals surface area (Å²) in [6.45, 7) is 4.59. The van der Waals surface area contributed by atoms with Crippen molar-refractivity contribution in [2.75, 3.05) is 45.3 Å². The zero-order chi connectivity index (χ0) is 11.9. The van der Waals surface area contributed by atoms with Crippen molar-refractivity contribution < 1.29 is 9.47 Å². The van der Waals surface area contributed by atoms with Gasteiger partial charge in [0.1, 0.15) is 11.5 Å². The molecular formula is C13H18N2O2. The molecule has 0 amide bonds. The number of methoxy groups -OCH3 is 2. The number of nitrogens with zero attached hydrogens (tertiary/aromatic N) is 1. The second-order valence-electron chi connectivity index (χ2n) is 5.03. The Morgan fingerprint density at radius 3 is 2.06 bits per heavy atom. The van der Waals surface area contributed by atoms with Crippen LogP contribution in [0.1, 0.15) is 0 Å². The first kappa shape index (κ1) is 10.7. The molecule has 4 nitrogen and oxygen atoms in total. The molecule has 2 fully saturated rings. The Hall–Kier alpha value is -1.42. The van der Waals surface area contributed by atoms with Gasteiger partial charge in [0.15, 0.2) is 0 Å². The third-order valence-electron chi connectivity index (χ3n) is 3.75. The van der Waals surface area contributed by atoms with Crippen LogP contribution < -0.4 is 19.7 Å². The largest absolute Gasteiger partial charge is 0.497 e. The van der Waals surface area contributed by atoms with Crippen LogP contribution in [0.15, 0.2) is 18.2 Å². The highest BCUT2D eigenvalue weighted by Gasteiger charge is 2.47. The summed E-state index contributed by atoms with van der Waals surface area (Å²) in [5, 5.41) is 3.34. The Bertz CT molecular complexity index is 399. The molecular weight excluding hydrogens is 216 g/mol. The van der Waals surface area contributed by atoms with Crippen molar-refractivity contribution >= 4 is 5.69 Å². The van der Waals surface area contributed by atoms with Gasteiger partial charge >= 0.3 is 0 Å². The lowest BCUT2D eigenvalue weighted by molar-refractivity contribution is 0.121. The molecule has 2 saturated heterocycles. The predicted octanol–water partition coefficient (Wildman–Crippen LogP) is 1.11. The van der Waals surface area contributed by atoms with Gasteiger partial charge in [-0.15, -0.1) is 0 Å². The van der Waals surface area contributed by atoms with Gasteiger partial charge < -0.3 is 19.7 Å². The number of hydrogen-bond acceptors (Lipinski definition) is 4. The topological polar surface area (TPSA) is 33.7 Å². The summed E-state index contributed by atoms with van der Waals surface area (Å²) in [4.78, 5) is 2.38. The van der Waals surface area contributed by atoms with E-state index < -0.39 is 0 Å². The monoisotopic (exact) mass is 234 g/mol. The molecule has 4 heteroatoms. The number of rotatable bonds is 3. The molecule has 1 spiro atoms. The van der Waals surface area contributed by atoms with E-state index in [9.17, 15) is 0 Å². The number of hydrogen-bond donors (Lipinski definition) is 1. The van der Waals surface area contributed by atoms with Crippen molar-refractivity contribution in [3.05, 3.63) is 18.2 Å². The second kappa shape index (κ2) is 3.81. The summed E-state index contributed by atoms with van der Waals surface area (Å²) < 4.78 is 10.6. The van der Waals surface area contributed by atoms with Crippen molar-refractivity contribution in [3.63, 3.8) is 0 Å². The van der Waals surface area contributed by atoms with Gasteiger partial charge in [-0.05, 0) is 0 Å². The minimum absolute atomic E-state index is 0.538. The summed E-state index contributed by atoms with van der Waals surface area (Å²) >= 11 is 0. The van der Waals surface area contributed by atoms with Crippen LogP contribution in [0.3, 0.4) is 0 Å². The average Bonchev–Trinajstić information content (AvgIpc) is 2.24. The zero-order valence-electron chi connectivity index (χ0n) is 10.3. The quantitative estimate of drug-likeness (QED) is 0.849. The average molecular weight is 234 g/mol. The fraction of sp³-hybridized carbons (Fsp3) is 0.538. The van der Waals surface area contributed by atoms with E-state index in [1.54, 1.807) is 14.2 Å². The highest BCUT2D eigenvalue weighted by atomic mass is 16.5. The molecule has 3 rings (SSSR count). The van der Waals surface area contributed by atoms with Crippen molar-refractivity contribution in [3.8, 4) is 11.5 Å². The first-order chi connectivity index (χ1) is 8.24. The van der Waals surface area contributed by atoms with E-state index >= 15 is 0 Å². The maximum atomic E-state index is 5.29. The van der Waals surface area contributed by atoms with Crippen molar-refractivity contribution in [2.24, 2.45) is 5.41 Å². The molecule has 0 aromatic heterocycles. The SMILES string of the molecule is COc1cc(OC)cc(N2CC3(CNC3)C2)c1. The van der Waals surface area contributed by atoms with Crippen LogP contribution in [0.25, 0.3) is 0 Å². The minimum atomic E-state index is 0.538. The Kier molecular flexibility index (Phi) is 2.40. The van der Waals surface area contributed by atoms with E-state index in [2.05, 4.69) is 22.3 Å². The first-order valence-electron chi connectivity index (χ1n) is 5.93. The van der Waals surface area contributed by atoms with Crippen LogP contribution in [0.5, 0.6) is 11.5 Å². The lowest BCUT2D eigenvalue weighted by atomic mass is 9.74. The zero-order valence-corrected chi connectivity index (χ0v) is 10.3. The van der Waals surface area contributed by atoms with E-state index in [-0.39, 0.29) is 0 Å². The Balaban J connectivity index is 1.78. The van der Waals surface area contributed by atoms with Gasteiger partial charge in [0, 0.05) is 55.5 Å². The van der Waals surface area contributed by atoms with E-state index in [1.807, 2.05) is 6.07 Å². The van der Waals surface area contributed by atoms with Gasteiger partial charge in [-0.1, -0.05) is 0 Å². The van der Waals surface area contributed by atoms with E-state index in [0.717, 1.165) is 37.7 Å². The highest BCUT2D eigenvalue weighted by molar-refractivity contribution is 5.58. The third kappa shape index (κ3) is 1.72. The molecule has 17 heavy (non-hydrogen) atoms. The Morgan fingerprint density at radius 1 is 1.06 bits per heavy atom. The Morgan fingerprint density at radius 2 is 1.65 bits per heavy atom. The standard InChI is InChI=1S/C13H18N2O2/c1-16-11-3-10(4-12(5-11)17-2)15-8-13(9-15)6-14-7-13/h3-5,14H,6-9H2,1-2H3. The van der Waals surface area contributed by atoms with Crippen LogP contribution in [0.4, 0.5) is 5.69 Å². The summed E-state index contributed by atoms with van der Waals surface area (Å²) in [6.07, 6.45) is 0. The molecule has 0 radical (unpaired) electrons. The van der Waals surface area contributed by atoms with E-state index in [1.165, 1.54) is 5.69 Å². The normalized spacial score (nSPS) is 20.7. The van der Waals surface area contributed by atoms with Crippen LogP contribution in [0, 0.1) is 5.41 Å². The molecule has 2 aliphatic heterocycles.